The fraction of sp³-hybridized carbons (Fsp3) is 0.464. The van der Waals surface area contributed by atoms with Crippen LogP contribution in [-0.2, 0) is 14.2 Å². The summed E-state index contributed by atoms with van der Waals surface area (Å²) in [6.07, 6.45) is -17.9. The Morgan fingerprint density at radius 3 is 1.93 bits per heavy atom. The fourth-order valence-electron chi connectivity index (χ4n) is 5.27. The third kappa shape index (κ3) is 5.86. The van der Waals surface area contributed by atoms with Crippen LogP contribution in [0.5, 0.6) is 34.5 Å². The summed E-state index contributed by atoms with van der Waals surface area (Å²) in [4.78, 5) is 13.7. The molecule has 252 valence electrons. The normalized spacial score (nSPS) is 31.6. The average Bonchev–Trinajstić information content (AvgIpc) is 3.01. The van der Waals surface area contributed by atoms with Gasteiger partial charge in [0, 0.05) is 17.7 Å². The Hall–Kier alpha value is -3.95. The second-order valence-electron chi connectivity index (χ2n) is 10.6. The molecule has 3 aromatic rings. The largest absolute Gasteiger partial charge is 0.508 e. The predicted molar refractivity (Wildman–Crippen MR) is 148 cm³/mol. The average molecular weight is 657 g/mol. The summed E-state index contributed by atoms with van der Waals surface area (Å²) in [5, 5.41) is 112. The molecule has 10 atom stereocenters. The van der Waals surface area contributed by atoms with E-state index in [1.807, 2.05) is 0 Å². The number of phenols is 4. The zero-order valence-corrected chi connectivity index (χ0v) is 23.8. The predicted octanol–water partition coefficient (Wildman–Crippen LogP) is -2.71. The van der Waals surface area contributed by atoms with E-state index >= 15 is 0 Å². The van der Waals surface area contributed by atoms with Gasteiger partial charge in [0.25, 0.3) is 0 Å². The minimum absolute atomic E-state index is 0.194. The van der Waals surface area contributed by atoms with Gasteiger partial charge in [0.2, 0.25) is 23.2 Å². The fourth-order valence-corrected chi connectivity index (χ4v) is 5.27. The van der Waals surface area contributed by atoms with Crippen LogP contribution in [0.1, 0.15) is 0 Å². The summed E-state index contributed by atoms with van der Waals surface area (Å²) >= 11 is 0. The van der Waals surface area contributed by atoms with Gasteiger partial charge in [-0.05, 0) is 12.1 Å². The number of aliphatic hydroxyl groups excluding tert-OH is 7. The minimum Gasteiger partial charge on any atom is -0.508 e. The van der Waals surface area contributed by atoms with Crippen molar-refractivity contribution in [1.29, 1.82) is 0 Å². The molecule has 0 saturated carbocycles. The smallest absolute Gasteiger partial charge is 0.239 e. The molecule has 5 rings (SSSR count). The Balaban J connectivity index is 1.52. The van der Waals surface area contributed by atoms with Crippen LogP contribution in [0.15, 0.2) is 33.5 Å². The number of aliphatic hydroxyl groups is 7. The Bertz CT molecular complexity index is 1600. The van der Waals surface area contributed by atoms with Crippen LogP contribution in [0.2, 0.25) is 0 Å². The second kappa shape index (κ2) is 13.0. The molecule has 46 heavy (non-hydrogen) atoms. The molecule has 2 fully saturated rings. The van der Waals surface area contributed by atoms with E-state index in [-0.39, 0.29) is 16.9 Å². The molecule has 18 heteroatoms. The number of benzene rings is 2. The lowest BCUT2D eigenvalue weighted by Gasteiger charge is -2.45. The molecule has 2 saturated heterocycles. The number of phenolic OH excluding ortho intramolecular Hbond substituents is 4. The number of methoxy groups -OCH3 is 1. The quantitative estimate of drug-likeness (QED) is 0.117. The highest BCUT2D eigenvalue weighted by atomic mass is 16.7. The van der Waals surface area contributed by atoms with Crippen molar-refractivity contribution in [1.82, 2.24) is 0 Å². The van der Waals surface area contributed by atoms with Crippen LogP contribution < -0.4 is 14.9 Å². The van der Waals surface area contributed by atoms with Crippen molar-refractivity contribution in [2.75, 3.05) is 20.3 Å². The van der Waals surface area contributed by atoms with E-state index in [0.29, 0.717) is 0 Å². The monoisotopic (exact) mass is 656 g/mol. The van der Waals surface area contributed by atoms with Crippen molar-refractivity contribution in [3.05, 3.63) is 34.5 Å². The number of hydrogen-bond acceptors (Lipinski definition) is 18. The summed E-state index contributed by atoms with van der Waals surface area (Å²) in [6, 6.07) is 3.87. The zero-order chi connectivity index (χ0) is 33.6. The number of aromatic hydroxyl groups is 4. The van der Waals surface area contributed by atoms with Gasteiger partial charge in [-0.25, -0.2) is 0 Å². The van der Waals surface area contributed by atoms with Crippen molar-refractivity contribution in [2.45, 2.75) is 61.4 Å². The summed E-state index contributed by atoms with van der Waals surface area (Å²) in [6.45, 7) is -1.70. The van der Waals surface area contributed by atoms with Crippen LogP contribution in [-0.4, -0.2) is 138 Å². The van der Waals surface area contributed by atoms with E-state index < -0.39 is 120 Å². The van der Waals surface area contributed by atoms with E-state index in [9.17, 15) is 61.0 Å². The Morgan fingerprint density at radius 1 is 0.717 bits per heavy atom. The molecule has 2 aliphatic heterocycles. The molecule has 0 spiro atoms. The van der Waals surface area contributed by atoms with Gasteiger partial charge in [0.05, 0.1) is 20.3 Å². The van der Waals surface area contributed by atoms with E-state index in [4.69, 9.17) is 28.1 Å². The van der Waals surface area contributed by atoms with Crippen LogP contribution in [0.3, 0.4) is 0 Å². The molecule has 0 aliphatic carbocycles. The van der Waals surface area contributed by atoms with Crippen LogP contribution >= 0.6 is 0 Å². The number of ether oxygens (including phenoxy) is 5. The highest BCUT2D eigenvalue weighted by Gasteiger charge is 2.51. The van der Waals surface area contributed by atoms with Crippen molar-refractivity contribution in [3.63, 3.8) is 0 Å². The summed E-state index contributed by atoms with van der Waals surface area (Å²) < 4.78 is 32.7. The lowest BCUT2D eigenvalue weighted by atomic mass is 9.97. The highest BCUT2D eigenvalue weighted by Crippen LogP contribution is 2.43. The highest BCUT2D eigenvalue weighted by molar-refractivity contribution is 5.88. The molecular formula is C28H32O18. The summed E-state index contributed by atoms with van der Waals surface area (Å²) in [5.74, 6) is -4.02. The maximum absolute atomic E-state index is 13.7. The Labute approximate surface area is 257 Å². The minimum atomic E-state index is -2.08. The molecule has 18 nitrogen and oxygen atoms in total. The molecule has 2 aromatic carbocycles. The van der Waals surface area contributed by atoms with Crippen LogP contribution in [0.25, 0.3) is 22.3 Å². The standard InChI is InChI=1S/C28H32O18/c1-41-24-11(33)2-8(3-12(24)34)23-26(18(36)16-10(32)4-9(31)5-13(16)42-23)46-28-22(40)20(38)25(15(7-30)44-28)45-27-21(39)19(37)17(35)14(6-29)43-27/h2-5,14-15,17,19-22,25,27-35,37-40H,6-7H2,1H3. The van der Waals surface area contributed by atoms with Gasteiger partial charge in [-0.3, -0.25) is 4.79 Å². The second-order valence-corrected chi connectivity index (χ2v) is 10.6. The molecule has 2 aliphatic rings. The lowest BCUT2D eigenvalue weighted by molar-refractivity contribution is -0.352. The maximum Gasteiger partial charge on any atom is 0.239 e. The molecule has 0 bridgehead atoms. The van der Waals surface area contributed by atoms with Crippen molar-refractivity contribution < 1.29 is 84.3 Å². The molecule has 1 aromatic heterocycles. The van der Waals surface area contributed by atoms with Crippen molar-refractivity contribution in [3.8, 4) is 45.8 Å². The first-order chi connectivity index (χ1) is 21.8. The summed E-state index contributed by atoms with van der Waals surface area (Å²) in [7, 11) is 1.17. The molecule has 11 N–H and O–H groups in total. The summed E-state index contributed by atoms with van der Waals surface area (Å²) in [5.41, 5.74) is -1.64. The van der Waals surface area contributed by atoms with Gasteiger partial charge >= 0.3 is 0 Å². The first-order valence-electron chi connectivity index (χ1n) is 13.7. The van der Waals surface area contributed by atoms with Gasteiger partial charge in [0.1, 0.15) is 71.3 Å². The third-order valence-corrected chi connectivity index (χ3v) is 7.63. The molecule has 0 radical (unpaired) electrons. The molecule has 0 amide bonds. The van der Waals surface area contributed by atoms with Gasteiger partial charge in [-0.1, -0.05) is 0 Å². The number of fused-ring (bicyclic) bond motifs is 1. The van der Waals surface area contributed by atoms with Gasteiger partial charge in [-0.15, -0.1) is 0 Å². The molecule has 3 heterocycles. The first kappa shape index (κ1) is 33.4. The van der Waals surface area contributed by atoms with E-state index in [2.05, 4.69) is 0 Å². The Kier molecular flexibility index (Phi) is 9.47. The zero-order valence-electron chi connectivity index (χ0n) is 23.8. The molecular weight excluding hydrogens is 624 g/mol. The van der Waals surface area contributed by atoms with Crippen LogP contribution in [0, 0.1) is 0 Å². The molecule has 10 unspecified atom stereocenters. The topological polar surface area (TPSA) is 299 Å². The first-order valence-corrected chi connectivity index (χ1v) is 13.7. The van der Waals surface area contributed by atoms with E-state index in [1.165, 1.54) is 7.11 Å². The third-order valence-electron chi connectivity index (χ3n) is 7.63. The van der Waals surface area contributed by atoms with E-state index in [0.717, 1.165) is 24.3 Å². The van der Waals surface area contributed by atoms with E-state index in [1.54, 1.807) is 0 Å². The van der Waals surface area contributed by atoms with Gasteiger partial charge in [0.15, 0.2) is 23.5 Å². The number of rotatable bonds is 8. The SMILES string of the molecule is COc1c(O)cc(-c2oc3cc(O)cc(O)c3c(=O)c2OC2OC(CO)C(OC3OC(CO)C(O)C(O)C3O)C(O)C2O)cc1O. The van der Waals surface area contributed by atoms with Crippen LogP contribution in [0.4, 0.5) is 0 Å². The van der Waals surface area contributed by atoms with Gasteiger partial charge < -0.3 is 84.3 Å². The number of hydrogen-bond donors (Lipinski definition) is 11. The van der Waals surface area contributed by atoms with Crippen molar-refractivity contribution >= 4 is 11.0 Å². The maximum atomic E-state index is 13.7. The Morgan fingerprint density at radius 2 is 1.33 bits per heavy atom. The van der Waals surface area contributed by atoms with Crippen molar-refractivity contribution in [2.24, 2.45) is 0 Å². The lowest BCUT2D eigenvalue weighted by Crippen LogP contribution is -2.65. The van der Waals surface area contributed by atoms with Gasteiger partial charge in [-0.2, -0.15) is 0 Å².